The van der Waals surface area contributed by atoms with Crippen molar-refractivity contribution < 1.29 is 0 Å². The van der Waals surface area contributed by atoms with E-state index in [4.69, 9.17) is 11.6 Å². The van der Waals surface area contributed by atoms with Gasteiger partial charge in [0.05, 0.1) is 6.20 Å². The highest BCUT2D eigenvalue weighted by molar-refractivity contribution is 6.31. The van der Waals surface area contributed by atoms with E-state index in [0.717, 1.165) is 35.8 Å². The van der Waals surface area contributed by atoms with Crippen molar-refractivity contribution in [1.29, 1.82) is 0 Å². The topological polar surface area (TPSA) is 62.7 Å². The second-order valence-electron chi connectivity index (χ2n) is 4.39. The Morgan fingerprint density at radius 2 is 2.05 bits per heavy atom. The van der Waals surface area contributed by atoms with E-state index in [1.807, 2.05) is 24.3 Å². The van der Waals surface area contributed by atoms with E-state index >= 15 is 0 Å². The minimum Gasteiger partial charge on any atom is -0.369 e. The first-order chi connectivity index (χ1) is 9.79. The van der Waals surface area contributed by atoms with Crippen LogP contribution >= 0.6 is 11.6 Å². The number of hydrogen-bond donors (Lipinski definition) is 2. The van der Waals surface area contributed by atoms with Gasteiger partial charge in [-0.2, -0.15) is 10.1 Å². The number of halogens is 1. The second-order valence-corrected chi connectivity index (χ2v) is 4.80. The number of anilines is 2. The molecule has 0 fully saturated rings. The molecule has 0 unspecified atom stereocenters. The number of unbranched alkanes of at least 4 members (excludes halogenated alkanes) is 1. The van der Waals surface area contributed by atoms with Crippen molar-refractivity contribution in [3.63, 3.8) is 0 Å². The molecule has 0 spiro atoms. The van der Waals surface area contributed by atoms with Crippen LogP contribution < -0.4 is 10.6 Å². The number of aromatic nitrogens is 3. The first-order valence-electron chi connectivity index (χ1n) is 6.70. The van der Waals surface area contributed by atoms with E-state index in [1.165, 1.54) is 0 Å². The molecule has 1 heterocycles. The predicted octanol–water partition coefficient (Wildman–Crippen LogP) is 3.35. The molecule has 0 amide bonds. The highest BCUT2D eigenvalue weighted by atomic mass is 35.5. The molecular formula is C14H18ClN5. The summed E-state index contributed by atoms with van der Waals surface area (Å²) in [6, 6.07) is 7.68. The van der Waals surface area contributed by atoms with Crippen LogP contribution in [0.4, 0.5) is 11.8 Å². The average molecular weight is 292 g/mol. The molecule has 0 saturated carbocycles. The molecule has 5 nitrogen and oxygen atoms in total. The molecular weight excluding hydrogens is 274 g/mol. The summed E-state index contributed by atoms with van der Waals surface area (Å²) in [7, 11) is 0. The average Bonchev–Trinajstić information content (AvgIpc) is 2.47. The summed E-state index contributed by atoms with van der Waals surface area (Å²) in [5.74, 6) is 1.22. The van der Waals surface area contributed by atoms with Crippen molar-refractivity contribution in [3.8, 4) is 0 Å². The van der Waals surface area contributed by atoms with Gasteiger partial charge in [0.25, 0.3) is 0 Å². The summed E-state index contributed by atoms with van der Waals surface area (Å²) in [6.07, 6.45) is 3.87. The Morgan fingerprint density at radius 3 is 2.85 bits per heavy atom. The number of nitrogens with one attached hydrogen (secondary N) is 2. The van der Waals surface area contributed by atoms with Gasteiger partial charge in [0.1, 0.15) is 5.82 Å². The maximum atomic E-state index is 6.10. The molecule has 0 bridgehead atoms. The SMILES string of the molecule is CCCCNc1cnnc(NCc2ccccc2Cl)n1. The van der Waals surface area contributed by atoms with Gasteiger partial charge < -0.3 is 10.6 Å². The molecule has 106 valence electrons. The van der Waals surface area contributed by atoms with Crippen molar-refractivity contribution >= 4 is 23.4 Å². The second kappa shape index (κ2) is 7.65. The molecule has 1 aromatic carbocycles. The lowest BCUT2D eigenvalue weighted by Gasteiger charge is -2.08. The van der Waals surface area contributed by atoms with Crippen LogP contribution in [0, 0.1) is 0 Å². The largest absolute Gasteiger partial charge is 0.369 e. The van der Waals surface area contributed by atoms with Gasteiger partial charge in [-0.15, -0.1) is 5.10 Å². The molecule has 20 heavy (non-hydrogen) atoms. The quantitative estimate of drug-likeness (QED) is 0.766. The van der Waals surface area contributed by atoms with Crippen LogP contribution in [-0.2, 0) is 6.54 Å². The molecule has 0 atom stereocenters. The lowest BCUT2D eigenvalue weighted by Crippen LogP contribution is -2.09. The van der Waals surface area contributed by atoms with Gasteiger partial charge in [-0.25, -0.2) is 0 Å². The van der Waals surface area contributed by atoms with Crippen LogP contribution in [0.15, 0.2) is 30.5 Å². The summed E-state index contributed by atoms with van der Waals surface area (Å²) in [5, 5.41) is 15.0. The number of benzene rings is 1. The Hall–Kier alpha value is -1.88. The van der Waals surface area contributed by atoms with E-state index in [2.05, 4.69) is 32.7 Å². The minimum atomic E-state index is 0.492. The van der Waals surface area contributed by atoms with Gasteiger partial charge in [-0.05, 0) is 18.1 Å². The maximum Gasteiger partial charge on any atom is 0.244 e. The zero-order chi connectivity index (χ0) is 14.2. The number of hydrogen-bond acceptors (Lipinski definition) is 5. The third-order valence-corrected chi connectivity index (χ3v) is 3.16. The maximum absolute atomic E-state index is 6.10. The molecule has 0 aliphatic carbocycles. The van der Waals surface area contributed by atoms with E-state index in [-0.39, 0.29) is 0 Å². The third-order valence-electron chi connectivity index (χ3n) is 2.79. The van der Waals surface area contributed by atoms with Gasteiger partial charge in [0, 0.05) is 18.1 Å². The molecule has 2 rings (SSSR count). The summed E-state index contributed by atoms with van der Waals surface area (Å²) in [4.78, 5) is 4.35. The summed E-state index contributed by atoms with van der Waals surface area (Å²) in [6.45, 7) is 3.61. The standard InChI is InChI=1S/C14H18ClN5/c1-2-3-8-16-13-10-18-20-14(19-13)17-9-11-6-4-5-7-12(11)15/h4-7,10H,2-3,8-9H2,1H3,(H2,16,17,19,20). The van der Waals surface area contributed by atoms with E-state index in [0.29, 0.717) is 12.5 Å². The Bertz CT molecular complexity index is 547. The van der Waals surface area contributed by atoms with Crippen LogP contribution in [0.2, 0.25) is 5.02 Å². The van der Waals surface area contributed by atoms with Crippen molar-refractivity contribution in [1.82, 2.24) is 15.2 Å². The molecule has 2 aromatic rings. The van der Waals surface area contributed by atoms with Crippen LogP contribution in [0.3, 0.4) is 0 Å². The van der Waals surface area contributed by atoms with Crippen molar-refractivity contribution in [2.45, 2.75) is 26.3 Å². The van der Waals surface area contributed by atoms with Crippen molar-refractivity contribution in [3.05, 3.63) is 41.0 Å². The smallest absolute Gasteiger partial charge is 0.244 e. The molecule has 2 N–H and O–H groups in total. The Balaban J connectivity index is 1.93. The van der Waals surface area contributed by atoms with Crippen LogP contribution in [0.25, 0.3) is 0 Å². The molecule has 0 radical (unpaired) electrons. The summed E-state index contributed by atoms with van der Waals surface area (Å²) in [5.41, 5.74) is 1.00. The van der Waals surface area contributed by atoms with E-state index in [9.17, 15) is 0 Å². The fourth-order valence-electron chi connectivity index (χ4n) is 1.67. The predicted molar refractivity (Wildman–Crippen MR) is 82.0 cm³/mol. The normalized spacial score (nSPS) is 10.3. The first kappa shape index (κ1) is 14.5. The van der Waals surface area contributed by atoms with Crippen LogP contribution in [-0.4, -0.2) is 21.7 Å². The van der Waals surface area contributed by atoms with Crippen LogP contribution in [0.5, 0.6) is 0 Å². The fraction of sp³-hybridized carbons (Fsp3) is 0.357. The number of nitrogens with zero attached hydrogens (tertiary/aromatic N) is 3. The van der Waals surface area contributed by atoms with Gasteiger partial charge in [-0.1, -0.05) is 43.1 Å². The Morgan fingerprint density at radius 1 is 1.20 bits per heavy atom. The molecule has 1 aromatic heterocycles. The van der Waals surface area contributed by atoms with Gasteiger partial charge in [0.2, 0.25) is 5.95 Å². The van der Waals surface area contributed by atoms with E-state index in [1.54, 1.807) is 6.20 Å². The third kappa shape index (κ3) is 4.35. The fourth-order valence-corrected chi connectivity index (χ4v) is 1.88. The lowest BCUT2D eigenvalue weighted by molar-refractivity contribution is 0.826. The molecule has 0 aliphatic heterocycles. The van der Waals surface area contributed by atoms with Gasteiger partial charge >= 0.3 is 0 Å². The monoisotopic (exact) mass is 291 g/mol. The lowest BCUT2D eigenvalue weighted by atomic mass is 10.2. The highest BCUT2D eigenvalue weighted by Gasteiger charge is 2.02. The minimum absolute atomic E-state index is 0.492. The number of rotatable bonds is 7. The zero-order valence-electron chi connectivity index (χ0n) is 11.4. The molecule has 0 aliphatic rings. The van der Waals surface area contributed by atoms with Gasteiger partial charge in [-0.3, -0.25) is 0 Å². The highest BCUT2D eigenvalue weighted by Crippen LogP contribution is 2.15. The van der Waals surface area contributed by atoms with Crippen molar-refractivity contribution in [2.75, 3.05) is 17.2 Å². The summed E-state index contributed by atoms with van der Waals surface area (Å²) >= 11 is 6.10. The van der Waals surface area contributed by atoms with E-state index < -0.39 is 0 Å². The molecule has 0 saturated heterocycles. The Labute approximate surface area is 123 Å². The first-order valence-corrected chi connectivity index (χ1v) is 7.08. The van der Waals surface area contributed by atoms with Crippen molar-refractivity contribution in [2.24, 2.45) is 0 Å². The van der Waals surface area contributed by atoms with Crippen LogP contribution in [0.1, 0.15) is 25.3 Å². The van der Waals surface area contributed by atoms with Gasteiger partial charge in [0.15, 0.2) is 0 Å². The Kier molecular flexibility index (Phi) is 5.55. The zero-order valence-corrected chi connectivity index (χ0v) is 12.2. The molecule has 6 heteroatoms. The summed E-state index contributed by atoms with van der Waals surface area (Å²) < 4.78 is 0.